The Kier molecular flexibility index (Phi) is 3.60. The third-order valence-electron chi connectivity index (χ3n) is 2.49. The van der Waals surface area contributed by atoms with E-state index in [0.717, 1.165) is 15.7 Å². The van der Waals surface area contributed by atoms with Crippen LogP contribution >= 0.6 is 22.6 Å². The van der Waals surface area contributed by atoms with Gasteiger partial charge in [-0.25, -0.2) is 4.68 Å². The molecule has 0 spiro atoms. The number of benzene rings is 1. The Morgan fingerprint density at radius 2 is 2.25 bits per heavy atom. The molecule has 84 valence electrons. The monoisotopic (exact) mass is 327 g/mol. The largest absolute Gasteiger partial charge is 0.330 e. The van der Waals surface area contributed by atoms with Crippen LogP contribution in [0, 0.1) is 10.5 Å². The Morgan fingerprint density at radius 3 is 2.81 bits per heavy atom. The molecule has 0 saturated carbocycles. The van der Waals surface area contributed by atoms with E-state index in [2.05, 4.69) is 52.8 Å². The molecule has 2 N–H and O–H groups in total. The molecule has 0 aliphatic rings. The first-order valence-corrected chi connectivity index (χ1v) is 6.28. The van der Waals surface area contributed by atoms with Gasteiger partial charge in [-0.1, -0.05) is 12.1 Å². The van der Waals surface area contributed by atoms with Crippen molar-refractivity contribution in [2.45, 2.75) is 13.3 Å². The fourth-order valence-corrected chi connectivity index (χ4v) is 2.12. The van der Waals surface area contributed by atoms with Crippen molar-refractivity contribution in [2.75, 3.05) is 6.54 Å². The normalized spacial score (nSPS) is 10.7. The van der Waals surface area contributed by atoms with Crippen LogP contribution in [0.4, 0.5) is 0 Å². The summed E-state index contributed by atoms with van der Waals surface area (Å²) < 4.78 is 3.05. The van der Waals surface area contributed by atoms with E-state index in [4.69, 9.17) is 5.73 Å². The standard InChI is InChI=1S/C12H14IN3/c1-9-6-10(4-5-14)2-3-12(9)16-8-11(13)7-15-16/h2-3,6-8H,4-5,14H2,1H3. The van der Waals surface area contributed by atoms with Gasteiger partial charge >= 0.3 is 0 Å². The minimum atomic E-state index is 0.693. The summed E-state index contributed by atoms with van der Waals surface area (Å²) >= 11 is 2.26. The Hall–Kier alpha value is -0.880. The van der Waals surface area contributed by atoms with Gasteiger partial charge in [0.2, 0.25) is 0 Å². The highest BCUT2D eigenvalue weighted by atomic mass is 127. The summed E-state index contributed by atoms with van der Waals surface area (Å²) in [7, 11) is 0. The van der Waals surface area contributed by atoms with Crippen molar-refractivity contribution in [3.8, 4) is 5.69 Å². The summed E-state index contributed by atoms with van der Waals surface area (Å²) in [6.07, 6.45) is 4.80. The maximum absolute atomic E-state index is 5.54. The Balaban J connectivity index is 2.36. The fraction of sp³-hybridized carbons (Fsp3) is 0.250. The lowest BCUT2D eigenvalue weighted by atomic mass is 10.1. The Bertz CT molecular complexity index is 491. The number of hydrogen-bond donors (Lipinski definition) is 1. The second kappa shape index (κ2) is 4.97. The molecule has 0 atom stereocenters. The molecule has 1 heterocycles. The van der Waals surface area contributed by atoms with Gasteiger partial charge in [0, 0.05) is 6.20 Å². The molecule has 16 heavy (non-hydrogen) atoms. The molecule has 0 fully saturated rings. The van der Waals surface area contributed by atoms with E-state index in [-0.39, 0.29) is 0 Å². The summed E-state index contributed by atoms with van der Waals surface area (Å²) in [5.41, 5.74) is 9.18. The van der Waals surface area contributed by atoms with E-state index in [1.807, 2.05) is 17.1 Å². The van der Waals surface area contributed by atoms with Gasteiger partial charge in [-0.3, -0.25) is 0 Å². The van der Waals surface area contributed by atoms with Gasteiger partial charge < -0.3 is 5.73 Å². The van der Waals surface area contributed by atoms with E-state index in [9.17, 15) is 0 Å². The molecule has 2 aromatic rings. The van der Waals surface area contributed by atoms with E-state index in [0.29, 0.717) is 6.54 Å². The third-order valence-corrected chi connectivity index (χ3v) is 3.05. The number of aryl methyl sites for hydroxylation is 1. The second-order valence-corrected chi connectivity index (χ2v) is 5.01. The van der Waals surface area contributed by atoms with Crippen LogP contribution in [0.3, 0.4) is 0 Å². The quantitative estimate of drug-likeness (QED) is 0.879. The zero-order chi connectivity index (χ0) is 11.5. The average molecular weight is 327 g/mol. The van der Waals surface area contributed by atoms with Crippen LogP contribution in [0.25, 0.3) is 5.69 Å². The number of nitrogens with zero attached hydrogens (tertiary/aromatic N) is 2. The maximum atomic E-state index is 5.54. The number of rotatable bonds is 3. The van der Waals surface area contributed by atoms with Gasteiger partial charge in [0.05, 0.1) is 15.5 Å². The minimum Gasteiger partial charge on any atom is -0.330 e. The molecular weight excluding hydrogens is 313 g/mol. The summed E-state index contributed by atoms with van der Waals surface area (Å²) in [5.74, 6) is 0. The van der Waals surface area contributed by atoms with Crippen LogP contribution < -0.4 is 5.73 Å². The number of halogens is 1. The first-order chi connectivity index (χ1) is 7.70. The molecule has 0 bridgehead atoms. The van der Waals surface area contributed by atoms with Crippen LogP contribution in [0.5, 0.6) is 0 Å². The van der Waals surface area contributed by atoms with E-state index >= 15 is 0 Å². The van der Waals surface area contributed by atoms with Crippen molar-refractivity contribution in [1.82, 2.24) is 9.78 Å². The molecule has 1 aromatic heterocycles. The Labute approximate surface area is 109 Å². The summed E-state index contributed by atoms with van der Waals surface area (Å²) in [4.78, 5) is 0. The summed E-state index contributed by atoms with van der Waals surface area (Å²) in [6, 6.07) is 6.39. The molecule has 0 amide bonds. The van der Waals surface area contributed by atoms with Gasteiger partial charge in [0.1, 0.15) is 0 Å². The summed E-state index contributed by atoms with van der Waals surface area (Å²) in [6.45, 7) is 2.79. The van der Waals surface area contributed by atoms with Gasteiger partial charge in [0.25, 0.3) is 0 Å². The van der Waals surface area contributed by atoms with Gasteiger partial charge in [-0.05, 0) is 59.7 Å². The highest BCUT2D eigenvalue weighted by Crippen LogP contribution is 2.16. The topological polar surface area (TPSA) is 43.8 Å². The molecule has 4 heteroatoms. The van der Waals surface area contributed by atoms with Gasteiger partial charge in [-0.2, -0.15) is 5.10 Å². The van der Waals surface area contributed by atoms with E-state index in [1.165, 1.54) is 11.1 Å². The van der Waals surface area contributed by atoms with Crippen molar-refractivity contribution in [3.63, 3.8) is 0 Å². The molecule has 0 saturated heterocycles. The predicted molar refractivity (Wildman–Crippen MR) is 73.8 cm³/mol. The van der Waals surface area contributed by atoms with Crippen molar-refractivity contribution < 1.29 is 0 Å². The van der Waals surface area contributed by atoms with Crippen LogP contribution in [0.2, 0.25) is 0 Å². The number of nitrogens with two attached hydrogens (primary N) is 1. The van der Waals surface area contributed by atoms with Crippen molar-refractivity contribution in [1.29, 1.82) is 0 Å². The zero-order valence-corrected chi connectivity index (χ0v) is 11.3. The molecule has 2 rings (SSSR count). The molecule has 0 radical (unpaired) electrons. The number of aromatic nitrogens is 2. The highest BCUT2D eigenvalue weighted by molar-refractivity contribution is 14.1. The first-order valence-electron chi connectivity index (χ1n) is 5.21. The molecule has 1 aromatic carbocycles. The lowest BCUT2D eigenvalue weighted by molar-refractivity contribution is 0.869. The van der Waals surface area contributed by atoms with Gasteiger partial charge in [0.15, 0.2) is 0 Å². The summed E-state index contributed by atoms with van der Waals surface area (Å²) in [5, 5.41) is 4.31. The van der Waals surface area contributed by atoms with Crippen molar-refractivity contribution >= 4 is 22.6 Å². The third kappa shape index (κ3) is 2.44. The van der Waals surface area contributed by atoms with Crippen LogP contribution in [0.1, 0.15) is 11.1 Å². The maximum Gasteiger partial charge on any atom is 0.0675 e. The van der Waals surface area contributed by atoms with Crippen LogP contribution in [-0.2, 0) is 6.42 Å². The van der Waals surface area contributed by atoms with E-state index < -0.39 is 0 Å². The van der Waals surface area contributed by atoms with Crippen LogP contribution in [-0.4, -0.2) is 16.3 Å². The van der Waals surface area contributed by atoms with Crippen molar-refractivity contribution in [2.24, 2.45) is 5.73 Å². The first kappa shape index (κ1) is 11.6. The molecule has 0 aliphatic carbocycles. The lowest BCUT2D eigenvalue weighted by Crippen LogP contribution is -2.04. The second-order valence-electron chi connectivity index (χ2n) is 3.76. The molecule has 0 unspecified atom stereocenters. The SMILES string of the molecule is Cc1cc(CCN)ccc1-n1cc(I)cn1. The van der Waals surface area contributed by atoms with Crippen molar-refractivity contribution in [3.05, 3.63) is 45.3 Å². The smallest absolute Gasteiger partial charge is 0.0675 e. The predicted octanol–water partition coefficient (Wildman–Crippen LogP) is 2.29. The Morgan fingerprint density at radius 1 is 1.44 bits per heavy atom. The number of hydrogen-bond acceptors (Lipinski definition) is 2. The molecule has 0 aliphatic heterocycles. The highest BCUT2D eigenvalue weighted by Gasteiger charge is 2.03. The van der Waals surface area contributed by atoms with Gasteiger partial charge in [-0.15, -0.1) is 0 Å². The fourth-order valence-electron chi connectivity index (χ4n) is 1.73. The minimum absolute atomic E-state index is 0.693. The van der Waals surface area contributed by atoms with E-state index in [1.54, 1.807) is 0 Å². The zero-order valence-electron chi connectivity index (χ0n) is 9.15. The van der Waals surface area contributed by atoms with Crippen LogP contribution in [0.15, 0.2) is 30.6 Å². The lowest BCUT2D eigenvalue weighted by Gasteiger charge is -2.07. The molecular formula is C12H14IN3. The average Bonchev–Trinajstić information content (AvgIpc) is 2.65. The molecule has 3 nitrogen and oxygen atoms in total.